The fourth-order valence-corrected chi connectivity index (χ4v) is 2.72. The number of rotatable bonds is 3. The van der Waals surface area contributed by atoms with E-state index in [1.165, 1.54) is 0 Å². The van der Waals surface area contributed by atoms with E-state index in [4.69, 9.17) is 4.74 Å². The minimum Gasteiger partial charge on any atom is -0.491 e. The lowest BCUT2D eigenvalue weighted by Crippen LogP contribution is -2.12. The zero-order valence-electron chi connectivity index (χ0n) is 11.9. The summed E-state index contributed by atoms with van der Waals surface area (Å²) in [5.74, 6) is 1.14. The number of aromatic nitrogens is 1. The summed E-state index contributed by atoms with van der Waals surface area (Å²) in [7, 11) is 0. The van der Waals surface area contributed by atoms with Crippen LogP contribution in [-0.4, -0.2) is 16.5 Å². The van der Waals surface area contributed by atoms with Crippen LogP contribution in [0.15, 0.2) is 36.5 Å². The number of benzene rings is 1. The summed E-state index contributed by atoms with van der Waals surface area (Å²) >= 11 is 0. The number of Topliss-reactive ketones (excluding diaryl/α,β-unsaturated/α-hetero) is 1. The molecule has 2 aromatic rings. The molecule has 0 N–H and O–H groups in total. The minimum atomic E-state index is 0.179. The van der Waals surface area contributed by atoms with Crippen molar-refractivity contribution in [1.82, 2.24) is 4.57 Å². The van der Waals surface area contributed by atoms with Gasteiger partial charge in [0.25, 0.3) is 0 Å². The fraction of sp³-hybridized carbons (Fsp3) is 0.353. The maximum atomic E-state index is 11.9. The van der Waals surface area contributed by atoms with Crippen LogP contribution in [0.25, 0.3) is 5.69 Å². The van der Waals surface area contributed by atoms with Crippen molar-refractivity contribution in [2.45, 2.75) is 39.2 Å². The Labute approximate surface area is 119 Å². The zero-order valence-corrected chi connectivity index (χ0v) is 11.9. The third-order valence-corrected chi connectivity index (χ3v) is 3.60. The largest absolute Gasteiger partial charge is 0.491 e. The van der Waals surface area contributed by atoms with Crippen LogP contribution in [0.5, 0.6) is 5.75 Å². The molecule has 1 aromatic heterocycles. The van der Waals surface area contributed by atoms with Gasteiger partial charge in [0.05, 0.1) is 6.10 Å². The fourth-order valence-electron chi connectivity index (χ4n) is 2.72. The monoisotopic (exact) mass is 269 g/mol. The molecule has 0 fully saturated rings. The molecule has 0 aliphatic heterocycles. The molecular weight excluding hydrogens is 250 g/mol. The molecule has 0 atom stereocenters. The first-order valence-corrected chi connectivity index (χ1v) is 7.15. The lowest BCUT2D eigenvalue weighted by molar-refractivity contribution is 0.0972. The molecule has 3 nitrogen and oxygen atoms in total. The summed E-state index contributed by atoms with van der Waals surface area (Å²) in [5.41, 5.74) is 3.11. The lowest BCUT2D eigenvalue weighted by atomic mass is 9.97. The number of ether oxygens (including phenoxy) is 1. The van der Waals surface area contributed by atoms with Gasteiger partial charge < -0.3 is 9.30 Å². The Morgan fingerprint density at radius 1 is 1.10 bits per heavy atom. The Hall–Kier alpha value is -2.03. The quantitative estimate of drug-likeness (QED) is 0.849. The topological polar surface area (TPSA) is 31.2 Å². The molecular formula is C17H19NO2. The molecule has 1 aromatic carbocycles. The molecule has 0 saturated carbocycles. The smallest absolute Gasteiger partial charge is 0.164 e. The Morgan fingerprint density at radius 2 is 1.85 bits per heavy atom. The standard InChI is InChI=1S/C17H19NO2/c1-12(2)20-14-8-6-13(7-9-14)18-11-10-15-16(18)4-3-5-17(15)19/h6-12H,3-5H2,1-2H3. The highest BCUT2D eigenvalue weighted by Gasteiger charge is 2.20. The van der Waals surface area contributed by atoms with Gasteiger partial charge in [-0.3, -0.25) is 4.79 Å². The molecule has 0 radical (unpaired) electrons. The average molecular weight is 269 g/mol. The van der Waals surface area contributed by atoms with Gasteiger partial charge in [-0.25, -0.2) is 0 Å². The van der Waals surface area contributed by atoms with Gasteiger partial charge in [0.15, 0.2) is 5.78 Å². The third kappa shape index (κ3) is 2.36. The van der Waals surface area contributed by atoms with Crippen LogP contribution in [0.2, 0.25) is 0 Å². The van der Waals surface area contributed by atoms with Crippen LogP contribution in [0.3, 0.4) is 0 Å². The molecule has 0 spiro atoms. The zero-order chi connectivity index (χ0) is 14.1. The van der Waals surface area contributed by atoms with E-state index in [0.717, 1.165) is 35.5 Å². The van der Waals surface area contributed by atoms with Crippen LogP contribution >= 0.6 is 0 Å². The van der Waals surface area contributed by atoms with Gasteiger partial charge in [-0.15, -0.1) is 0 Å². The second-order valence-electron chi connectivity index (χ2n) is 5.48. The highest BCUT2D eigenvalue weighted by Crippen LogP contribution is 2.26. The van der Waals surface area contributed by atoms with E-state index in [9.17, 15) is 4.79 Å². The lowest BCUT2D eigenvalue weighted by Gasteiger charge is -2.15. The van der Waals surface area contributed by atoms with Gasteiger partial charge in [0.1, 0.15) is 5.75 Å². The number of carbonyl (C=O) groups excluding carboxylic acids is 1. The summed E-state index contributed by atoms with van der Waals surface area (Å²) in [5, 5.41) is 0. The Kier molecular flexibility index (Phi) is 3.35. The molecule has 3 heteroatoms. The summed E-state index contributed by atoms with van der Waals surface area (Å²) in [6.45, 7) is 4.03. The first-order valence-electron chi connectivity index (χ1n) is 7.15. The number of ketones is 1. The van der Waals surface area contributed by atoms with Crippen molar-refractivity contribution >= 4 is 5.78 Å². The predicted molar refractivity (Wildman–Crippen MR) is 78.8 cm³/mol. The van der Waals surface area contributed by atoms with Crippen LogP contribution in [0.4, 0.5) is 0 Å². The highest BCUT2D eigenvalue weighted by atomic mass is 16.5. The SMILES string of the molecule is CC(C)Oc1ccc(-n2ccc3c2CCCC3=O)cc1. The first-order chi connectivity index (χ1) is 9.65. The summed E-state index contributed by atoms with van der Waals surface area (Å²) < 4.78 is 7.77. The number of nitrogens with zero attached hydrogens (tertiary/aromatic N) is 1. The minimum absolute atomic E-state index is 0.179. The van der Waals surface area contributed by atoms with Crippen molar-refractivity contribution in [3.8, 4) is 11.4 Å². The van der Waals surface area contributed by atoms with Gasteiger partial charge in [0.2, 0.25) is 0 Å². The van der Waals surface area contributed by atoms with Crippen molar-refractivity contribution in [1.29, 1.82) is 0 Å². The van der Waals surface area contributed by atoms with Gasteiger partial charge in [0, 0.05) is 29.6 Å². The van der Waals surface area contributed by atoms with Crippen molar-refractivity contribution in [2.75, 3.05) is 0 Å². The van der Waals surface area contributed by atoms with E-state index in [-0.39, 0.29) is 11.9 Å². The Morgan fingerprint density at radius 3 is 2.55 bits per heavy atom. The van der Waals surface area contributed by atoms with Crippen molar-refractivity contribution in [3.05, 3.63) is 47.8 Å². The first kappa shape index (κ1) is 13.0. The number of carbonyl (C=O) groups is 1. The maximum absolute atomic E-state index is 11.9. The molecule has 20 heavy (non-hydrogen) atoms. The molecule has 0 bridgehead atoms. The Balaban J connectivity index is 1.92. The molecule has 0 saturated heterocycles. The van der Waals surface area contributed by atoms with Crippen molar-refractivity contribution in [3.63, 3.8) is 0 Å². The van der Waals surface area contributed by atoms with Crippen molar-refractivity contribution in [2.24, 2.45) is 0 Å². The summed E-state index contributed by atoms with van der Waals surface area (Å²) in [6.07, 6.45) is 4.77. The van der Waals surface area contributed by atoms with Crippen molar-refractivity contribution < 1.29 is 9.53 Å². The van der Waals surface area contributed by atoms with E-state index in [0.29, 0.717) is 6.42 Å². The summed E-state index contributed by atoms with van der Waals surface area (Å²) in [4.78, 5) is 11.9. The number of fused-ring (bicyclic) bond motifs is 1. The summed E-state index contributed by atoms with van der Waals surface area (Å²) in [6, 6.07) is 9.97. The van der Waals surface area contributed by atoms with Crippen LogP contribution in [0.1, 0.15) is 42.7 Å². The predicted octanol–water partition coefficient (Wildman–Crippen LogP) is 3.78. The molecule has 104 valence electrons. The highest BCUT2D eigenvalue weighted by molar-refractivity contribution is 5.98. The second kappa shape index (κ2) is 5.16. The number of hydrogen-bond acceptors (Lipinski definition) is 2. The van der Waals surface area contributed by atoms with E-state index in [1.807, 2.05) is 50.4 Å². The molecule has 0 amide bonds. The molecule has 3 rings (SSSR count). The van der Waals surface area contributed by atoms with E-state index >= 15 is 0 Å². The van der Waals surface area contributed by atoms with Crippen LogP contribution in [0, 0.1) is 0 Å². The maximum Gasteiger partial charge on any atom is 0.164 e. The van der Waals surface area contributed by atoms with Gasteiger partial charge in [-0.2, -0.15) is 0 Å². The van der Waals surface area contributed by atoms with E-state index in [1.54, 1.807) is 0 Å². The van der Waals surface area contributed by atoms with Gasteiger partial charge in [-0.05, 0) is 57.0 Å². The molecule has 1 aliphatic carbocycles. The third-order valence-electron chi connectivity index (χ3n) is 3.60. The molecule has 0 unspecified atom stereocenters. The second-order valence-corrected chi connectivity index (χ2v) is 5.48. The average Bonchev–Trinajstić information content (AvgIpc) is 2.84. The van der Waals surface area contributed by atoms with Gasteiger partial charge >= 0.3 is 0 Å². The van der Waals surface area contributed by atoms with E-state index in [2.05, 4.69) is 4.57 Å². The Bertz CT molecular complexity index is 623. The van der Waals surface area contributed by atoms with Crippen LogP contribution in [-0.2, 0) is 6.42 Å². The van der Waals surface area contributed by atoms with Crippen LogP contribution < -0.4 is 4.74 Å². The normalized spacial score (nSPS) is 14.4. The molecule has 1 heterocycles. The van der Waals surface area contributed by atoms with Gasteiger partial charge in [-0.1, -0.05) is 0 Å². The molecule has 1 aliphatic rings. The number of hydrogen-bond donors (Lipinski definition) is 0. The van der Waals surface area contributed by atoms with E-state index < -0.39 is 0 Å².